The Hall–Kier alpha value is -8.49. The predicted molar refractivity (Wildman–Crippen MR) is 537 cm³/mol. The molecule has 5 aromatic heterocycles. The second kappa shape index (κ2) is 70.2. The van der Waals surface area contributed by atoms with Gasteiger partial charge in [0.1, 0.15) is 0 Å². The molecule has 49 nitrogen and oxygen atoms in total. The van der Waals surface area contributed by atoms with E-state index in [2.05, 4.69) is 75.6 Å². The van der Waals surface area contributed by atoms with Gasteiger partial charge in [-0.1, -0.05) is 0 Å². The summed E-state index contributed by atoms with van der Waals surface area (Å²) in [7, 11) is 1.81. The van der Waals surface area contributed by atoms with Crippen molar-refractivity contribution in [1.82, 2.24) is 74.8 Å². The molecule has 50 heteroatoms. The highest BCUT2D eigenvalue weighted by molar-refractivity contribution is 6.60. The zero-order chi connectivity index (χ0) is 94.7. The van der Waals surface area contributed by atoms with Gasteiger partial charge in [-0.05, 0) is 240 Å². The summed E-state index contributed by atoms with van der Waals surface area (Å²) in [4.78, 5) is 98.9. The molecule has 0 amide bonds. The van der Waals surface area contributed by atoms with Gasteiger partial charge in [0.2, 0.25) is 89.2 Å². The summed E-state index contributed by atoms with van der Waals surface area (Å²) in [6, 6.07) is 0.505. The molecule has 748 valence electrons. The zero-order valence-electron chi connectivity index (χ0n) is 79.7. The maximum Gasteiger partial charge on any atom is 0.500 e. The predicted octanol–water partition coefficient (Wildman–Crippen LogP) is -3.05. The van der Waals surface area contributed by atoms with Gasteiger partial charge >= 0.3 is 8.80 Å². The van der Waals surface area contributed by atoms with Gasteiger partial charge in [-0.2, -0.15) is 74.8 Å². The first-order valence-corrected chi connectivity index (χ1v) is 49.9. The highest BCUT2D eigenvalue weighted by Gasteiger charge is 2.37. The number of nitrogens with zero attached hydrogens (tertiary/aromatic N) is 25. The molecular weight excluding hydrogens is 1690 g/mol. The van der Waals surface area contributed by atoms with Gasteiger partial charge in [0, 0.05) is 191 Å². The van der Waals surface area contributed by atoms with E-state index in [1.165, 1.54) is 0 Å². The van der Waals surface area contributed by atoms with Crippen LogP contribution in [0, 0.1) is 0 Å². The smallest absolute Gasteiger partial charge is 0.377 e. The molecule has 0 atom stereocenters. The molecule has 0 radical (unpaired) electrons. The van der Waals surface area contributed by atoms with Gasteiger partial charge in [0.15, 0.2) is 0 Å². The number of nitrogens with one attached hydrogen (secondary N) is 5. The Bertz CT molecular complexity index is 3050. The SMILES string of the molecule is CO[Si](CCCNc1nc(N(CCCNc2nc(N(CCCN)CCCN)nc(N(CCCN)CCCN)n2)CCCNc2nc(N(CCCN)CCCN)nc(N(CCCN)CCCN)n2)nc(N(CCCNc2nc(N(CCCN)CCCN)nc(N(CCCN)CCCN)n2)CCCNc2nc(N(CCCN)CCCN)nc(N(CCCN)CCCN)n2)n1)(OC)OC. The first kappa shape index (κ1) is 113. The third-order valence-corrected chi connectivity index (χ3v) is 24.3. The lowest BCUT2D eigenvalue weighted by atomic mass is 10.3. The molecule has 0 fully saturated rings. The largest absolute Gasteiger partial charge is 0.500 e. The Morgan fingerprint density at radius 1 is 0.176 bits per heavy atom. The van der Waals surface area contributed by atoms with Crippen molar-refractivity contribution in [3.8, 4) is 0 Å². The van der Waals surface area contributed by atoms with Crippen LogP contribution in [0.2, 0.25) is 6.04 Å². The third-order valence-electron chi connectivity index (χ3n) is 21.4. The molecular formula is C81H172N46O3Si. The Labute approximate surface area is 780 Å². The highest BCUT2D eigenvalue weighted by atomic mass is 28.4. The molecule has 0 bridgehead atoms. The average molecular weight is 1870 g/mol. The first-order chi connectivity index (χ1) is 64.1. The van der Waals surface area contributed by atoms with Crippen LogP contribution in [0.25, 0.3) is 0 Å². The van der Waals surface area contributed by atoms with Crippen molar-refractivity contribution in [1.29, 1.82) is 0 Å². The standard InChI is InChI=1S/C81H172N46O3Si/c1-128-131(129-2,130-3)66-24-45-102-71-111-80(126(62-20-41-98-67-103-72(118(46-4-25-82)47-5-26-83)113-73(104-67)119(48-6-27-84)49-7-28-85)63-21-42-99-68-105-74(120(50-8-29-86)51-9-30-87)114-75(106-68)121(52-10-31-88)53-11-32-89)117-81(112-71)127(64-22-43-100-69-107-76(122(54-12-33-90)55-13-34-91)115-77(108-69)123(56-14-35-92)57-15-36-93)65-23-44-101-70-109-78(124(58-16-37-94)59-17-38-95)116-79(110-70)125(60-18-39-96)61-19-40-97/h4-66,82-97H2,1-3H3,(H,98,103,104,113)(H,99,105,106,114)(H,100,107,108,115)(H,101,109,110,116)(H,102,111,112,117). The topological polar surface area (TPSA) is 730 Å². The number of rotatable bonds is 86. The lowest BCUT2D eigenvalue weighted by Gasteiger charge is -2.28. The van der Waals surface area contributed by atoms with Crippen molar-refractivity contribution in [3.63, 3.8) is 0 Å². The van der Waals surface area contributed by atoms with E-state index in [1.807, 2.05) is 0 Å². The maximum atomic E-state index is 6.14. The Morgan fingerprint density at radius 3 is 0.405 bits per heavy atom. The molecule has 0 saturated heterocycles. The minimum atomic E-state index is -3.02. The van der Waals surface area contributed by atoms with Gasteiger partial charge in [0.25, 0.3) is 0 Å². The molecule has 0 aromatic carbocycles. The molecule has 0 spiro atoms. The zero-order valence-corrected chi connectivity index (χ0v) is 80.7. The van der Waals surface area contributed by atoms with Crippen LogP contribution in [0.3, 0.4) is 0 Å². The highest BCUT2D eigenvalue weighted by Crippen LogP contribution is 2.27. The van der Waals surface area contributed by atoms with E-state index in [-0.39, 0.29) is 0 Å². The average Bonchev–Trinajstić information content (AvgIpc) is 0.843. The quantitative estimate of drug-likeness (QED) is 0.0136. The van der Waals surface area contributed by atoms with Crippen LogP contribution in [-0.2, 0) is 13.3 Å². The summed E-state index contributed by atoms with van der Waals surface area (Å²) in [5.41, 5.74) is 98.3. The van der Waals surface area contributed by atoms with Crippen LogP contribution in [0.1, 0.15) is 135 Å². The summed E-state index contributed by atoms with van der Waals surface area (Å²) in [5.74, 6) is 6.94. The van der Waals surface area contributed by atoms with E-state index in [9.17, 15) is 0 Å². The van der Waals surface area contributed by atoms with Crippen molar-refractivity contribution in [2.75, 3.05) is 365 Å². The Balaban J connectivity index is 1.78. The van der Waals surface area contributed by atoms with Gasteiger partial charge in [-0.15, -0.1) is 0 Å². The number of hydrogen-bond donors (Lipinski definition) is 21. The van der Waals surface area contributed by atoms with Crippen LogP contribution in [0.5, 0.6) is 0 Å². The number of nitrogens with two attached hydrogens (primary N) is 16. The minimum Gasteiger partial charge on any atom is -0.377 e. The molecule has 5 rings (SSSR count). The second-order valence-electron chi connectivity index (χ2n) is 31.9. The monoisotopic (exact) mass is 1870 g/mol. The van der Waals surface area contributed by atoms with E-state index in [1.54, 1.807) is 21.3 Å². The maximum absolute atomic E-state index is 6.14. The lowest BCUT2D eigenvalue weighted by Crippen LogP contribution is -2.42. The molecule has 0 unspecified atom stereocenters. The van der Waals surface area contributed by atoms with Gasteiger partial charge in [0.05, 0.1) is 0 Å². The van der Waals surface area contributed by atoms with E-state index < -0.39 is 8.80 Å². The van der Waals surface area contributed by atoms with Crippen molar-refractivity contribution >= 4 is 98.0 Å². The number of aromatic nitrogens is 15. The molecule has 131 heavy (non-hydrogen) atoms. The minimum absolute atomic E-state index is 0.341. The fourth-order valence-electron chi connectivity index (χ4n) is 14.2. The van der Waals surface area contributed by atoms with Crippen molar-refractivity contribution in [2.24, 2.45) is 91.7 Å². The van der Waals surface area contributed by atoms with Crippen LogP contribution in [-0.4, -0.2) is 373 Å². The fourth-order valence-corrected chi connectivity index (χ4v) is 15.9. The summed E-state index contributed by atoms with van der Waals surface area (Å²) in [6.45, 7) is 21.6. The van der Waals surface area contributed by atoms with Crippen LogP contribution in [0.15, 0.2) is 0 Å². The van der Waals surface area contributed by atoms with Crippen LogP contribution in [0.4, 0.5) is 89.2 Å². The molecule has 5 aromatic rings. The van der Waals surface area contributed by atoms with Gasteiger partial charge in [-0.25, -0.2) is 0 Å². The molecule has 0 saturated carbocycles. The molecule has 0 aliphatic heterocycles. The molecule has 0 aliphatic rings. The van der Waals surface area contributed by atoms with E-state index >= 15 is 0 Å². The summed E-state index contributed by atoms with van der Waals surface area (Å²) in [6.07, 6.45) is 14.3. The van der Waals surface area contributed by atoms with Gasteiger partial charge < -0.3 is 181 Å². The molecule has 0 aliphatic carbocycles. The number of anilines is 15. The number of hydrogen-bond acceptors (Lipinski definition) is 49. The Morgan fingerprint density at radius 2 is 0.290 bits per heavy atom. The van der Waals surface area contributed by atoms with E-state index in [0.717, 1.165) is 103 Å². The van der Waals surface area contributed by atoms with Crippen LogP contribution >= 0.6 is 0 Å². The molecule has 5 heterocycles. The molecule has 37 N–H and O–H groups in total. The third kappa shape index (κ3) is 43.2. The summed E-state index contributed by atoms with van der Waals surface area (Å²) >= 11 is 0. The fraction of sp³-hybridized carbons (Fsp3) is 0.815. The summed E-state index contributed by atoms with van der Waals surface area (Å²) in [5, 5.41) is 18.1. The van der Waals surface area contributed by atoms with Crippen molar-refractivity contribution < 1.29 is 13.3 Å². The lowest BCUT2D eigenvalue weighted by molar-refractivity contribution is 0.123. The van der Waals surface area contributed by atoms with Crippen molar-refractivity contribution in [2.45, 2.75) is 141 Å². The van der Waals surface area contributed by atoms with Gasteiger partial charge in [-0.3, -0.25) is 0 Å². The van der Waals surface area contributed by atoms with Crippen molar-refractivity contribution in [3.05, 3.63) is 0 Å². The van der Waals surface area contributed by atoms with Crippen LogP contribution < -0.4 is 167 Å². The van der Waals surface area contributed by atoms with E-state index in [4.69, 9.17) is 180 Å². The Kier molecular flexibility index (Phi) is 60.6. The normalized spacial score (nSPS) is 11.5. The summed E-state index contributed by atoms with van der Waals surface area (Å²) < 4.78 is 17.7. The first-order valence-electron chi connectivity index (χ1n) is 48.0. The second-order valence-corrected chi connectivity index (χ2v) is 35.0. The van der Waals surface area contributed by atoms with E-state index in [0.29, 0.717) is 396 Å².